The Morgan fingerprint density at radius 1 is 1.35 bits per heavy atom. The van der Waals surface area contributed by atoms with Crippen LogP contribution < -0.4 is 21.0 Å². The van der Waals surface area contributed by atoms with Crippen LogP contribution in [-0.4, -0.2) is 11.8 Å². The maximum Gasteiger partial charge on any atom is 0.158 e. The van der Waals surface area contributed by atoms with Gasteiger partial charge in [0.25, 0.3) is 0 Å². The van der Waals surface area contributed by atoms with Crippen molar-refractivity contribution in [3.63, 3.8) is 0 Å². The molecule has 3 rings (SSSR count). The zero-order chi connectivity index (χ0) is 16.6. The summed E-state index contributed by atoms with van der Waals surface area (Å²) in [4.78, 5) is 15.7. The van der Waals surface area contributed by atoms with E-state index in [-0.39, 0.29) is 5.56 Å². The van der Waals surface area contributed by atoms with Gasteiger partial charge in [-0.2, -0.15) is 0 Å². The van der Waals surface area contributed by atoms with E-state index >= 15 is 0 Å². The van der Waals surface area contributed by atoms with Crippen molar-refractivity contribution in [3.8, 4) is 0 Å². The topological polar surface area (TPSA) is 64.5 Å². The molecule has 2 aromatic carbocycles. The molecule has 4 nitrogen and oxygen atoms in total. The molecule has 1 unspecified atom stereocenters. The molecule has 1 heterocycles. The van der Waals surface area contributed by atoms with E-state index in [1.165, 1.54) is 6.07 Å². The minimum atomic E-state index is -1.47. The third-order valence-electron chi connectivity index (χ3n) is 3.92. The quantitative estimate of drug-likeness (QED) is 0.922. The van der Waals surface area contributed by atoms with Crippen LogP contribution in [-0.2, 0) is 0 Å². The van der Waals surface area contributed by atoms with Crippen LogP contribution in [0.4, 0.5) is 9.18 Å². The SMILES string of the molecule is CCC1(NC(=O)[O-])N=c2ccc(Cl)cc2=C1c1ccccc1F. The molecule has 0 fully saturated rings. The second-order valence-electron chi connectivity index (χ2n) is 5.25. The zero-order valence-electron chi connectivity index (χ0n) is 12.3. The van der Waals surface area contributed by atoms with E-state index < -0.39 is 17.6 Å². The molecule has 0 spiro atoms. The Hall–Kier alpha value is -2.40. The Bertz CT molecular complexity index is 913. The van der Waals surface area contributed by atoms with Gasteiger partial charge >= 0.3 is 0 Å². The fourth-order valence-electron chi connectivity index (χ4n) is 2.93. The summed E-state index contributed by atoms with van der Waals surface area (Å²) in [6, 6.07) is 11.2. The van der Waals surface area contributed by atoms with Crippen LogP contribution in [0.25, 0.3) is 5.57 Å². The van der Waals surface area contributed by atoms with Crippen LogP contribution in [0.5, 0.6) is 0 Å². The van der Waals surface area contributed by atoms with E-state index in [2.05, 4.69) is 10.3 Å². The predicted octanol–water partition coefficient (Wildman–Crippen LogP) is 1.35. The minimum absolute atomic E-state index is 0.285. The molecule has 1 amide bonds. The molecule has 0 bridgehead atoms. The highest BCUT2D eigenvalue weighted by atomic mass is 35.5. The van der Waals surface area contributed by atoms with Crippen LogP contribution in [0.3, 0.4) is 0 Å². The molecular weight excluding hydrogens is 319 g/mol. The molecule has 0 aliphatic carbocycles. The number of hydrogen-bond donors (Lipinski definition) is 1. The number of benzene rings is 2. The number of nitrogens with zero attached hydrogens (tertiary/aromatic N) is 1. The molecule has 0 saturated heterocycles. The number of carbonyl (C=O) groups is 1. The Kier molecular flexibility index (Phi) is 3.82. The Labute approximate surface area is 136 Å². The highest BCUT2D eigenvalue weighted by Gasteiger charge is 2.38. The molecule has 1 aliphatic heterocycles. The number of nitrogens with one attached hydrogen (secondary N) is 1. The van der Waals surface area contributed by atoms with Gasteiger partial charge in [0.2, 0.25) is 0 Å². The van der Waals surface area contributed by atoms with Gasteiger partial charge in [-0.05, 0) is 30.7 Å². The average molecular weight is 332 g/mol. The summed E-state index contributed by atoms with van der Waals surface area (Å²) in [5, 5.41) is 15.2. The van der Waals surface area contributed by atoms with Crippen LogP contribution in [0.15, 0.2) is 47.5 Å². The molecule has 1 N–H and O–H groups in total. The minimum Gasteiger partial charge on any atom is -0.530 e. The first-order valence-electron chi connectivity index (χ1n) is 7.11. The number of fused-ring (bicyclic) bond motifs is 1. The molecular formula is C17H13ClFN2O2-. The third kappa shape index (κ3) is 2.57. The van der Waals surface area contributed by atoms with Gasteiger partial charge in [0.15, 0.2) is 5.66 Å². The summed E-state index contributed by atoms with van der Waals surface area (Å²) in [6.45, 7) is 1.77. The second-order valence-corrected chi connectivity index (χ2v) is 5.69. The molecule has 0 saturated carbocycles. The van der Waals surface area contributed by atoms with E-state index in [0.717, 1.165) is 0 Å². The monoisotopic (exact) mass is 331 g/mol. The predicted molar refractivity (Wildman–Crippen MR) is 82.7 cm³/mol. The van der Waals surface area contributed by atoms with Gasteiger partial charge in [-0.3, -0.25) is 4.99 Å². The van der Waals surface area contributed by atoms with Crippen LogP contribution in [0.1, 0.15) is 18.9 Å². The van der Waals surface area contributed by atoms with E-state index in [4.69, 9.17) is 11.6 Å². The van der Waals surface area contributed by atoms with Gasteiger partial charge in [-0.1, -0.05) is 36.7 Å². The van der Waals surface area contributed by atoms with Crippen molar-refractivity contribution in [1.29, 1.82) is 0 Å². The molecule has 2 aromatic rings. The molecule has 0 aromatic heterocycles. The standard InChI is InChI=1S/C17H14ClFN2O2/c1-2-17(21-16(22)23)15(11-5-3-4-6-13(11)19)12-9-10(18)7-8-14(12)20-17/h3-9,21H,2H2,1H3,(H,22,23)/p-1. The van der Waals surface area contributed by atoms with Gasteiger partial charge in [-0.15, -0.1) is 0 Å². The Morgan fingerprint density at radius 2 is 2.09 bits per heavy atom. The first-order valence-corrected chi connectivity index (χ1v) is 7.49. The maximum absolute atomic E-state index is 14.4. The lowest BCUT2D eigenvalue weighted by Gasteiger charge is -2.31. The molecule has 23 heavy (non-hydrogen) atoms. The van der Waals surface area contributed by atoms with Crippen molar-refractivity contribution in [2.45, 2.75) is 19.0 Å². The third-order valence-corrected chi connectivity index (χ3v) is 4.15. The van der Waals surface area contributed by atoms with Gasteiger partial charge in [0.1, 0.15) is 11.9 Å². The summed E-state index contributed by atoms with van der Waals surface area (Å²) < 4.78 is 14.4. The number of rotatable bonds is 3. The molecule has 6 heteroatoms. The fourth-order valence-corrected chi connectivity index (χ4v) is 3.10. The van der Waals surface area contributed by atoms with Crippen LogP contribution in [0, 0.1) is 5.82 Å². The van der Waals surface area contributed by atoms with Crippen LogP contribution in [0.2, 0.25) is 5.02 Å². The Balaban J connectivity index is 2.41. The van der Waals surface area contributed by atoms with E-state index in [1.54, 1.807) is 43.3 Å². The second kappa shape index (κ2) is 5.66. The molecule has 1 aliphatic rings. The number of amides is 1. The lowest BCUT2D eigenvalue weighted by Crippen LogP contribution is -2.52. The van der Waals surface area contributed by atoms with Crippen molar-refractivity contribution >= 4 is 23.3 Å². The van der Waals surface area contributed by atoms with Gasteiger partial charge < -0.3 is 15.2 Å². The van der Waals surface area contributed by atoms with Crippen molar-refractivity contribution in [2.75, 3.05) is 0 Å². The van der Waals surface area contributed by atoms with E-state index in [0.29, 0.717) is 27.6 Å². The number of carbonyl (C=O) groups excluding carboxylic acids is 1. The number of hydrogen-bond acceptors (Lipinski definition) is 3. The van der Waals surface area contributed by atoms with Crippen LogP contribution >= 0.6 is 11.6 Å². The molecule has 118 valence electrons. The molecule has 1 atom stereocenters. The summed E-state index contributed by atoms with van der Waals surface area (Å²) in [5.41, 5.74) is -0.568. The average Bonchev–Trinajstić information content (AvgIpc) is 2.81. The first-order chi connectivity index (χ1) is 11.0. The largest absolute Gasteiger partial charge is 0.530 e. The lowest BCUT2D eigenvalue weighted by atomic mass is 9.90. The van der Waals surface area contributed by atoms with Crippen molar-refractivity contribution in [1.82, 2.24) is 5.32 Å². The highest BCUT2D eigenvalue weighted by Crippen LogP contribution is 2.32. The summed E-state index contributed by atoms with van der Waals surface area (Å²) in [5.74, 6) is -0.455. The molecule has 0 radical (unpaired) electrons. The van der Waals surface area contributed by atoms with Crippen molar-refractivity contribution in [3.05, 3.63) is 69.4 Å². The highest BCUT2D eigenvalue weighted by molar-refractivity contribution is 6.30. The fraction of sp³-hybridized carbons (Fsp3) is 0.176. The summed E-state index contributed by atoms with van der Waals surface area (Å²) in [7, 11) is 0. The number of halogens is 2. The van der Waals surface area contributed by atoms with Gasteiger partial charge in [0, 0.05) is 21.4 Å². The van der Waals surface area contributed by atoms with E-state index in [1.807, 2.05) is 0 Å². The Morgan fingerprint density at radius 3 is 2.74 bits per heavy atom. The lowest BCUT2D eigenvalue weighted by molar-refractivity contribution is -0.252. The van der Waals surface area contributed by atoms with Crippen molar-refractivity contribution < 1.29 is 14.3 Å². The normalized spacial score (nSPS) is 19.2. The zero-order valence-corrected chi connectivity index (χ0v) is 13.0. The van der Waals surface area contributed by atoms with Gasteiger partial charge in [0.05, 0.1) is 5.36 Å². The first kappa shape index (κ1) is 15.5. The maximum atomic E-state index is 14.4. The van der Waals surface area contributed by atoms with E-state index in [9.17, 15) is 14.3 Å². The van der Waals surface area contributed by atoms with Gasteiger partial charge in [-0.25, -0.2) is 4.39 Å². The smallest absolute Gasteiger partial charge is 0.158 e. The van der Waals surface area contributed by atoms with Crippen molar-refractivity contribution in [2.24, 2.45) is 4.99 Å². The summed E-state index contributed by atoms with van der Waals surface area (Å²) in [6.07, 6.45) is -1.17. The number of carboxylic acid groups (broad SMARTS) is 1. The summed E-state index contributed by atoms with van der Waals surface area (Å²) >= 11 is 6.06.